The summed E-state index contributed by atoms with van der Waals surface area (Å²) in [5, 5.41) is 4.36. The molecule has 0 aliphatic carbocycles. The molecule has 0 aliphatic heterocycles. The zero-order valence-electron chi connectivity index (χ0n) is 12.1. The Balaban J connectivity index is 0.000000224. The molecule has 2 rings (SSSR count). The summed E-state index contributed by atoms with van der Waals surface area (Å²) >= 11 is 0.885. The molecule has 2 aromatic rings. The van der Waals surface area contributed by atoms with Gasteiger partial charge in [-0.1, -0.05) is 0 Å². The topological polar surface area (TPSA) is 117 Å². The van der Waals surface area contributed by atoms with E-state index in [-0.39, 0.29) is 4.88 Å². The molecule has 0 fully saturated rings. The van der Waals surface area contributed by atoms with Crippen LogP contribution in [0, 0.1) is 13.8 Å². The molecule has 4 N–H and O–H groups in total. The smallest absolute Gasteiger partial charge is 0.282 e. The number of nitrogens with zero attached hydrogens (tertiary/aromatic N) is 3. The van der Waals surface area contributed by atoms with Crippen LogP contribution in [0.15, 0.2) is 6.20 Å². The van der Waals surface area contributed by atoms with E-state index >= 15 is 0 Å². The highest BCUT2D eigenvalue weighted by molar-refractivity contribution is 7.13. The number of hydrogen-bond donors (Lipinski definition) is 2. The number of thiazole rings is 1. The minimum absolute atomic E-state index is 0.150. The first kappa shape index (κ1) is 17.7. The lowest BCUT2D eigenvalue weighted by Gasteiger charge is -1.94. The Morgan fingerprint density at radius 3 is 2.14 bits per heavy atom. The standard InChI is InChI=1S/C6H6F2N2OS.C6H9N3O/c1-2-10-3(5(7)8)4(12-2)6(9)11;1-4-5(6(7)10)3-9(2)8-4/h5H,1H3,(H2,9,11);3H,1-2H3,(H2,7,10). The molecule has 2 aromatic heterocycles. The number of rotatable bonds is 3. The predicted octanol–water partition coefficient (Wildman–Crippen LogP) is 1.32. The van der Waals surface area contributed by atoms with E-state index in [2.05, 4.69) is 10.1 Å². The Morgan fingerprint density at radius 1 is 1.27 bits per heavy atom. The van der Waals surface area contributed by atoms with Crippen LogP contribution in [0.1, 0.15) is 42.9 Å². The second-order valence-electron chi connectivity index (χ2n) is 4.28. The fourth-order valence-electron chi connectivity index (χ4n) is 1.61. The summed E-state index contributed by atoms with van der Waals surface area (Å²) in [4.78, 5) is 24.6. The van der Waals surface area contributed by atoms with Crippen molar-refractivity contribution >= 4 is 23.2 Å². The fourth-order valence-corrected chi connectivity index (χ4v) is 2.39. The minimum Gasteiger partial charge on any atom is -0.365 e. The maximum absolute atomic E-state index is 12.1. The van der Waals surface area contributed by atoms with E-state index in [9.17, 15) is 18.4 Å². The highest BCUT2D eigenvalue weighted by atomic mass is 32.1. The molecule has 7 nitrogen and oxygen atoms in total. The average Bonchev–Trinajstić information content (AvgIpc) is 2.93. The second-order valence-corrected chi connectivity index (χ2v) is 5.48. The molecule has 2 heterocycles. The molecular formula is C12H15F2N5O2S. The van der Waals surface area contributed by atoms with Crippen molar-refractivity contribution in [2.24, 2.45) is 18.5 Å². The zero-order chi connectivity index (χ0) is 17.0. The van der Waals surface area contributed by atoms with Crippen LogP contribution in [0.25, 0.3) is 0 Å². The van der Waals surface area contributed by atoms with Crippen molar-refractivity contribution in [3.05, 3.63) is 33.0 Å². The predicted molar refractivity (Wildman–Crippen MR) is 76.8 cm³/mol. The first-order valence-corrected chi connectivity index (χ1v) is 6.80. The number of alkyl halides is 2. The molecule has 0 bridgehead atoms. The van der Waals surface area contributed by atoms with Crippen molar-refractivity contribution < 1.29 is 18.4 Å². The van der Waals surface area contributed by atoms with Crippen molar-refractivity contribution in [3.8, 4) is 0 Å². The number of amides is 2. The molecule has 22 heavy (non-hydrogen) atoms. The van der Waals surface area contributed by atoms with E-state index in [0.717, 1.165) is 11.3 Å². The van der Waals surface area contributed by atoms with Crippen LogP contribution in [0.5, 0.6) is 0 Å². The largest absolute Gasteiger partial charge is 0.365 e. The van der Waals surface area contributed by atoms with Crippen LogP contribution in [0.3, 0.4) is 0 Å². The van der Waals surface area contributed by atoms with Crippen molar-refractivity contribution in [1.29, 1.82) is 0 Å². The first-order valence-electron chi connectivity index (χ1n) is 5.98. The number of aromatic nitrogens is 3. The number of hydrogen-bond acceptors (Lipinski definition) is 5. The molecule has 0 aromatic carbocycles. The molecule has 0 aliphatic rings. The van der Waals surface area contributed by atoms with Gasteiger partial charge in [-0.15, -0.1) is 11.3 Å². The number of carbonyl (C=O) groups is 2. The van der Waals surface area contributed by atoms with Crippen LogP contribution in [-0.2, 0) is 7.05 Å². The summed E-state index contributed by atoms with van der Waals surface area (Å²) in [7, 11) is 1.75. The van der Waals surface area contributed by atoms with E-state index in [1.165, 1.54) is 0 Å². The molecule has 0 atom stereocenters. The molecule has 0 saturated carbocycles. The van der Waals surface area contributed by atoms with Gasteiger partial charge < -0.3 is 11.5 Å². The first-order chi connectivity index (χ1) is 10.1. The summed E-state index contributed by atoms with van der Waals surface area (Å²) < 4.78 is 25.8. The van der Waals surface area contributed by atoms with Gasteiger partial charge in [-0.2, -0.15) is 5.10 Å². The Labute approximate surface area is 128 Å². The summed E-state index contributed by atoms with van der Waals surface area (Å²) in [5.74, 6) is -1.28. The monoisotopic (exact) mass is 331 g/mol. The lowest BCUT2D eigenvalue weighted by atomic mass is 10.2. The second kappa shape index (κ2) is 7.07. The van der Waals surface area contributed by atoms with E-state index < -0.39 is 23.9 Å². The Morgan fingerprint density at radius 2 is 1.86 bits per heavy atom. The third-order valence-electron chi connectivity index (χ3n) is 2.47. The van der Waals surface area contributed by atoms with Crippen molar-refractivity contribution in [2.75, 3.05) is 0 Å². The van der Waals surface area contributed by atoms with Crippen LogP contribution in [0.2, 0.25) is 0 Å². The summed E-state index contributed by atoms with van der Waals surface area (Å²) in [6, 6.07) is 0. The third kappa shape index (κ3) is 4.32. The lowest BCUT2D eigenvalue weighted by Crippen LogP contribution is -2.11. The molecule has 0 spiro atoms. The quantitative estimate of drug-likeness (QED) is 0.882. The molecule has 10 heteroatoms. The third-order valence-corrected chi connectivity index (χ3v) is 3.47. The normalized spacial score (nSPS) is 10.3. The van der Waals surface area contributed by atoms with Crippen molar-refractivity contribution in [1.82, 2.24) is 14.8 Å². The SMILES string of the molecule is Cc1nc(C(F)F)c(C(N)=O)s1.Cc1nn(C)cc1C(N)=O. The van der Waals surface area contributed by atoms with Crippen LogP contribution in [0.4, 0.5) is 8.78 Å². The van der Waals surface area contributed by atoms with Crippen LogP contribution < -0.4 is 11.5 Å². The number of primary amides is 2. The van der Waals surface area contributed by atoms with Gasteiger partial charge in [0.05, 0.1) is 16.3 Å². The molecular weight excluding hydrogens is 316 g/mol. The van der Waals surface area contributed by atoms with E-state index in [1.807, 2.05) is 0 Å². The number of carbonyl (C=O) groups excluding carboxylic acids is 2. The van der Waals surface area contributed by atoms with E-state index in [1.54, 1.807) is 31.8 Å². The van der Waals surface area contributed by atoms with Gasteiger partial charge in [-0.25, -0.2) is 13.8 Å². The lowest BCUT2D eigenvalue weighted by molar-refractivity contribution is 0.0985. The fraction of sp³-hybridized carbons (Fsp3) is 0.333. The highest BCUT2D eigenvalue weighted by Gasteiger charge is 2.21. The van der Waals surface area contributed by atoms with E-state index in [0.29, 0.717) is 16.3 Å². The Kier molecular flexibility index (Phi) is 5.69. The number of halogens is 2. The average molecular weight is 331 g/mol. The van der Waals surface area contributed by atoms with Gasteiger partial charge in [0.1, 0.15) is 10.6 Å². The van der Waals surface area contributed by atoms with Crippen molar-refractivity contribution in [2.45, 2.75) is 20.3 Å². The summed E-state index contributed by atoms with van der Waals surface area (Å²) in [6.45, 7) is 3.29. The van der Waals surface area contributed by atoms with Crippen LogP contribution >= 0.6 is 11.3 Å². The summed E-state index contributed by atoms with van der Waals surface area (Å²) in [6.07, 6.45) is -1.13. The van der Waals surface area contributed by atoms with Gasteiger partial charge in [-0.05, 0) is 13.8 Å². The Hall–Kier alpha value is -2.36. The molecule has 120 valence electrons. The van der Waals surface area contributed by atoms with Gasteiger partial charge in [0.25, 0.3) is 18.2 Å². The molecule has 0 radical (unpaired) electrons. The van der Waals surface area contributed by atoms with Gasteiger partial charge in [0.15, 0.2) is 0 Å². The maximum atomic E-state index is 12.1. The number of aryl methyl sites for hydroxylation is 3. The van der Waals surface area contributed by atoms with Crippen molar-refractivity contribution in [3.63, 3.8) is 0 Å². The van der Waals surface area contributed by atoms with Crippen LogP contribution in [-0.4, -0.2) is 26.6 Å². The van der Waals surface area contributed by atoms with Gasteiger partial charge in [0.2, 0.25) is 0 Å². The molecule has 0 unspecified atom stereocenters. The summed E-state index contributed by atoms with van der Waals surface area (Å²) in [5.41, 5.74) is 10.6. The van der Waals surface area contributed by atoms with Gasteiger partial charge in [0, 0.05) is 13.2 Å². The molecule has 0 saturated heterocycles. The Bertz CT molecular complexity index is 696. The van der Waals surface area contributed by atoms with E-state index in [4.69, 9.17) is 11.5 Å². The van der Waals surface area contributed by atoms with Gasteiger partial charge in [-0.3, -0.25) is 14.3 Å². The minimum atomic E-state index is -2.74. The maximum Gasteiger partial charge on any atom is 0.282 e. The zero-order valence-corrected chi connectivity index (χ0v) is 12.9. The number of nitrogens with two attached hydrogens (primary N) is 2. The highest BCUT2D eigenvalue weighted by Crippen LogP contribution is 2.26. The molecule has 2 amide bonds. The van der Waals surface area contributed by atoms with Gasteiger partial charge >= 0.3 is 0 Å².